The van der Waals surface area contributed by atoms with Crippen LogP contribution in [0.15, 0.2) is 12.5 Å². The number of aromatic amines is 1. The number of anilines is 1. The quantitative estimate of drug-likeness (QED) is 0.344. The second-order valence-corrected chi connectivity index (χ2v) is 7.00. The molecule has 2 aromatic rings. The lowest BCUT2D eigenvalue weighted by Gasteiger charge is -2.20. The molecule has 0 spiro atoms. The third-order valence-electron chi connectivity index (χ3n) is 5.29. The van der Waals surface area contributed by atoms with Gasteiger partial charge in [-0.3, -0.25) is 10.1 Å². The van der Waals surface area contributed by atoms with Crippen molar-refractivity contribution in [1.29, 1.82) is 0 Å². The second kappa shape index (κ2) is 9.01. The molecule has 3 heterocycles. The minimum absolute atomic E-state index is 0. The van der Waals surface area contributed by atoms with E-state index in [9.17, 15) is 15.0 Å². The van der Waals surface area contributed by atoms with Crippen molar-refractivity contribution in [2.45, 2.75) is 50.6 Å². The Morgan fingerprint density at radius 2 is 2.07 bits per heavy atom. The van der Waals surface area contributed by atoms with Gasteiger partial charge in [-0.25, -0.2) is 9.97 Å². The van der Waals surface area contributed by atoms with Gasteiger partial charge >= 0.3 is 5.97 Å². The highest BCUT2D eigenvalue weighted by Crippen LogP contribution is 2.32. The number of hydrogen-bond acceptors (Lipinski definition) is 9. The number of nitrogen functional groups attached to an aromatic ring is 1. The zero-order valence-corrected chi connectivity index (χ0v) is 16.5. The van der Waals surface area contributed by atoms with E-state index in [0.717, 1.165) is 6.42 Å². The van der Waals surface area contributed by atoms with Crippen molar-refractivity contribution in [2.75, 3.05) is 12.3 Å². The molecule has 28 heavy (non-hydrogen) atoms. The molecule has 0 aromatic carbocycles. The number of aromatic nitrogens is 3. The number of hydrogen-bond donors (Lipinski definition) is 6. The topological polar surface area (TPSA) is 172 Å². The Hall–Kier alpha value is -1.98. The average molecular weight is 415 g/mol. The van der Waals surface area contributed by atoms with Crippen LogP contribution in [0.3, 0.4) is 0 Å². The van der Waals surface area contributed by atoms with E-state index in [-0.39, 0.29) is 24.9 Å². The Kier molecular flexibility index (Phi) is 7.18. The lowest BCUT2D eigenvalue weighted by Crippen LogP contribution is -2.42. The van der Waals surface area contributed by atoms with Crippen LogP contribution in [-0.2, 0) is 9.53 Å². The van der Waals surface area contributed by atoms with E-state index < -0.39 is 36.3 Å². The summed E-state index contributed by atoms with van der Waals surface area (Å²) < 4.78 is 5.25. The van der Waals surface area contributed by atoms with Crippen LogP contribution in [0.2, 0.25) is 0 Å². The molecule has 1 aliphatic rings. The van der Waals surface area contributed by atoms with E-state index in [1.165, 1.54) is 6.33 Å². The number of nitrogens with zero attached hydrogens (tertiary/aromatic N) is 2. The number of fused-ring (bicyclic) bond motifs is 1. The number of esters is 1. The minimum Gasteiger partial charge on any atom is -0.463 e. The van der Waals surface area contributed by atoms with Gasteiger partial charge in [-0.15, -0.1) is 12.4 Å². The van der Waals surface area contributed by atoms with Gasteiger partial charge in [-0.1, -0.05) is 20.3 Å². The van der Waals surface area contributed by atoms with E-state index in [1.54, 1.807) is 6.20 Å². The molecular weight excluding hydrogens is 388 g/mol. The summed E-state index contributed by atoms with van der Waals surface area (Å²) in [6.07, 6.45) is 1.53. The molecule has 0 saturated carbocycles. The molecule has 2 aromatic heterocycles. The van der Waals surface area contributed by atoms with Gasteiger partial charge in [-0.2, -0.15) is 0 Å². The number of rotatable bonds is 6. The molecule has 11 heteroatoms. The monoisotopic (exact) mass is 414 g/mol. The van der Waals surface area contributed by atoms with Crippen LogP contribution in [0.5, 0.6) is 0 Å². The van der Waals surface area contributed by atoms with Crippen molar-refractivity contribution in [3.05, 3.63) is 18.1 Å². The number of aliphatic hydroxyl groups excluding tert-OH is 2. The standard InChI is InChI=1S/C17H26N6O4.ClH/c1-3-7(2)10(18)17(26)27-5-9-14(24)15(25)12(23-9)8-4-20-13-11(8)21-6-22-16(13)19;/h4,6-7,9-10,12,14-15,20,23-25H,3,5,18H2,1-2H3,(H2,19,21,22);1H/t7?,9-,10?,12-,14-,15-;/m0./s1. The lowest BCUT2D eigenvalue weighted by atomic mass is 10.0. The minimum atomic E-state index is -1.12. The Bertz CT molecular complexity index is 818. The Morgan fingerprint density at radius 3 is 2.75 bits per heavy atom. The van der Waals surface area contributed by atoms with Gasteiger partial charge in [0.15, 0.2) is 5.82 Å². The molecule has 156 valence electrons. The van der Waals surface area contributed by atoms with Crippen LogP contribution in [0.25, 0.3) is 11.0 Å². The summed E-state index contributed by atoms with van der Waals surface area (Å²) in [4.78, 5) is 23.2. The predicted molar refractivity (Wildman–Crippen MR) is 106 cm³/mol. The lowest BCUT2D eigenvalue weighted by molar-refractivity contribution is -0.148. The highest BCUT2D eigenvalue weighted by atomic mass is 35.5. The highest BCUT2D eigenvalue weighted by molar-refractivity contribution is 5.87. The second-order valence-electron chi connectivity index (χ2n) is 7.00. The molecule has 1 fully saturated rings. The maximum atomic E-state index is 12.1. The maximum absolute atomic E-state index is 12.1. The van der Waals surface area contributed by atoms with E-state index in [1.807, 2.05) is 13.8 Å². The largest absolute Gasteiger partial charge is 0.463 e. The van der Waals surface area contributed by atoms with Crippen molar-refractivity contribution in [3.8, 4) is 0 Å². The molecule has 1 aliphatic heterocycles. The molecule has 6 atom stereocenters. The number of aliphatic hydroxyl groups is 2. The number of ether oxygens (including phenoxy) is 1. The van der Waals surface area contributed by atoms with Gasteiger partial charge in [0.05, 0.1) is 17.6 Å². The molecule has 10 nitrogen and oxygen atoms in total. The first-order valence-electron chi connectivity index (χ1n) is 8.97. The summed E-state index contributed by atoms with van der Waals surface area (Å²) in [7, 11) is 0. The summed E-state index contributed by atoms with van der Waals surface area (Å²) in [5.74, 6) is -0.235. The van der Waals surface area contributed by atoms with E-state index in [2.05, 4.69) is 20.3 Å². The first-order chi connectivity index (χ1) is 12.8. The van der Waals surface area contributed by atoms with Crippen molar-refractivity contribution in [2.24, 2.45) is 11.7 Å². The van der Waals surface area contributed by atoms with Gasteiger partial charge in [0, 0.05) is 11.8 Å². The fourth-order valence-electron chi connectivity index (χ4n) is 3.25. The smallest absolute Gasteiger partial charge is 0.323 e. The Labute approximate surface area is 168 Å². The molecular formula is C17H27ClN6O4. The van der Waals surface area contributed by atoms with Gasteiger partial charge in [0.2, 0.25) is 0 Å². The first kappa shape index (κ1) is 22.3. The summed E-state index contributed by atoms with van der Waals surface area (Å²) >= 11 is 0. The number of nitrogens with two attached hydrogens (primary N) is 2. The van der Waals surface area contributed by atoms with E-state index in [0.29, 0.717) is 22.4 Å². The fraction of sp³-hybridized carbons (Fsp3) is 0.588. The van der Waals surface area contributed by atoms with Crippen molar-refractivity contribution in [3.63, 3.8) is 0 Å². The molecule has 3 rings (SSSR count). The summed E-state index contributed by atoms with van der Waals surface area (Å²) in [6.45, 7) is 3.72. The molecule has 1 saturated heterocycles. The van der Waals surface area contributed by atoms with Crippen LogP contribution in [0, 0.1) is 5.92 Å². The Morgan fingerprint density at radius 1 is 1.36 bits per heavy atom. The zero-order chi connectivity index (χ0) is 19.7. The SMILES string of the molecule is CCC(C)C(N)C(=O)OC[C@@H]1N[C@@H](c2c[nH]c3c(N)ncnc23)[C@H](O)[C@H]1O.Cl. The Balaban J connectivity index is 0.00000280. The van der Waals surface area contributed by atoms with Crippen LogP contribution < -0.4 is 16.8 Å². The number of carbonyl (C=O) groups is 1. The van der Waals surface area contributed by atoms with Crippen LogP contribution in [0.1, 0.15) is 31.9 Å². The van der Waals surface area contributed by atoms with E-state index >= 15 is 0 Å². The number of nitrogens with one attached hydrogen (secondary N) is 2. The van der Waals surface area contributed by atoms with E-state index in [4.69, 9.17) is 16.2 Å². The molecule has 0 aliphatic carbocycles. The summed E-state index contributed by atoms with van der Waals surface area (Å²) in [6, 6.07) is -1.96. The molecule has 0 amide bonds. The number of carbonyl (C=O) groups excluding carboxylic acids is 1. The fourth-order valence-corrected chi connectivity index (χ4v) is 3.25. The van der Waals surface area contributed by atoms with Gasteiger partial charge < -0.3 is 31.4 Å². The van der Waals surface area contributed by atoms with Gasteiger partial charge in [0.1, 0.15) is 36.7 Å². The summed E-state index contributed by atoms with van der Waals surface area (Å²) in [5.41, 5.74) is 13.4. The number of H-pyrrole nitrogens is 1. The number of halogens is 1. The van der Waals surface area contributed by atoms with Crippen LogP contribution >= 0.6 is 12.4 Å². The maximum Gasteiger partial charge on any atom is 0.323 e. The molecule has 2 unspecified atom stereocenters. The van der Waals surface area contributed by atoms with Gasteiger partial charge in [0.25, 0.3) is 0 Å². The van der Waals surface area contributed by atoms with Crippen LogP contribution in [-0.4, -0.2) is 62.0 Å². The van der Waals surface area contributed by atoms with Gasteiger partial charge in [-0.05, 0) is 5.92 Å². The van der Waals surface area contributed by atoms with Crippen molar-refractivity contribution >= 4 is 35.2 Å². The average Bonchev–Trinajstić information content (AvgIpc) is 3.21. The zero-order valence-electron chi connectivity index (χ0n) is 15.7. The third-order valence-corrected chi connectivity index (χ3v) is 5.29. The van der Waals surface area contributed by atoms with Crippen molar-refractivity contribution < 1.29 is 19.7 Å². The molecule has 8 N–H and O–H groups in total. The third kappa shape index (κ3) is 4.06. The molecule has 0 radical (unpaired) electrons. The summed E-state index contributed by atoms with van der Waals surface area (Å²) in [5, 5.41) is 23.9. The normalized spacial score (nSPS) is 26.6. The predicted octanol–water partition coefficient (Wildman–Crippen LogP) is -0.387. The highest BCUT2D eigenvalue weighted by Gasteiger charge is 2.43. The first-order valence-corrected chi connectivity index (χ1v) is 8.97. The molecule has 0 bridgehead atoms. The van der Waals surface area contributed by atoms with Crippen molar-refractivity contribution in [1.82, 2.24) is 20.3 Å². The van der Waals surface area contributed by atoms with Crippen LogP contribution in [0.4, 0.5) is 5.82 Å².